The van der Waals surface area contributed by atoms with E-state index in [0.29, 0.717) is 24.3 Å². The highest BCUT2D eigenvalue weighted by molar-refractivity contribution is 5.99. The van der Waals surface area contributed by atoms with Crippen LogP contribution in [-0.2, 0) is 7.05 Å². The minimum Gasteiger partial charge on any atom is -0.496 e. The van der Waals surface area contributed by atoms with Crippen LogP contribution in [0.5, 0.6) is 5.75 Å². The van der Waals surface area contributed by atoms with Crippen LogP contribution in [-0.4, -0.2) is 47.9 Å². The standard InChI is InChI=1S/C19H23N3O3.ClH/c1-13(23)14-10-16(21(2)12-14)19(24)22-9-8-20-11-17(22)15-6-4-5-7-18(15)25-3;/h4-7,10,12,17,20H,8-9,11H2,1-3H3;1H. The summed E-state index contributed by atoms with van der Waals surface area (Å²) in [6.07, 6.45) is 1.70. The third kappa shape index (κ3) is 3.76. The van der Waals surface area contributed by atoms with Gasteiger partial charge in [-0.3, -0.25) is 9.59 Å². The maximum absolute atomic E-state index is 13.2. The second kappa shape index (κ2) is 8.38. The molecule has 1 aromatic carbocycles. The first-order valence-corrected chi connectivity index (χ1v) is 8.35. The lowest BCUT2D eigenvalue weighted by Crippen LogP contribution is -2.49. The minimum absolute atomic E-state index is 0. The molecule has 1 unspecified atom stereocenters. The molecule has 1 aliphatic heterocycles. The van der Waals surface area contributed by atoms with E-state index < -0.39 is 0 Å². The number of ether oxygens (including phenoxy) is 1. The summed E-state index contributed by atoms with van der Waals surface area (Å²) < 4.78 is 7.20. The molecule has 2 aromatic rings. The second-order valence-corrected chi connectivity index (χ2v) is 6.24. The molecule has 1 aliphatic rings. The van der Waals surface area contributed by atoms with E-state index >= 15 is 0 Å². The number of para-hydroxylation sites is 1. The normalized spacial score (nSPS) is 16.7. The molecule has 0 bridgehead atoms. The second-order valence-electron chi connectivity index (χ2n) is 6.24. The van der Waals surface area contributed by atoms with Gasteiger partial charge < -0.3 is 19.5 Å². The lowest BCUT2D eigenvalue weighted by atomic mass is 10.0. The summed E-state index contributed by atoms with van der Waals surface area (Å²) in [5, 5.41) is 3.35. The molecule has 0 aliphatic carbocycles. The Hall–Kier alpha value is -2.31. The van der Waals surface area contributed by atoms with Crippen LogP contribution in [0.1, 0.15) is 39.4 Å². The SMILES string of the molecule is COc1ccccc1C1CNCCN1C(=O)c1cc(C(C)=O)cn1C.Cl. The van der Waals surface area contributed by atoms with Gasteiger partial charge in [-0.25, -0.2) is 0 Å². The largest absolute Gasteiger partial charge is 0.496 e. The summed E-state index contributed by atoms with van der Waals surface area (Å²) in [6.45, 7) is 3.51. The number of methoxy groups -OCH3 is 1. The fourth-order valence-corrected chi connectivity index (χ4v) is 3.28. The molecule has 1 fully saturated rings. The maximum atomic E-state index is 13.2. The Balaban J connectivity index is 0.00000243. The lowest BCUT2D eigenvalue weighted by molar-refractivity contribution is 0.0622. The van der Waals surface area contributed by atoms with Crippen LogP contribution < -0.4 is 10.1 Å². The Morgan fingerprint density at radius 3 is 2.65 bits per heavy atom. The van der Waals surface area contributed by atoms with Crippen molar-refractivity contribution >= 4 is 24.1 Å². The topological polar surface area (TPSA) is 63.6 Å². The van der Waals surface area contributed by atoms with Crippen molar-refractivity contribution in [3.8, 4) is 5.75 Å². The molecule has 1 N–H and O–H groups in total. The molecule has 7 heteroatoms. The zero-order valence-electron chi connectivity index (χ0n) is 15.2. The number of Topliss-reactive ketones (excluding diaryl/α,β-unsaturated/α-hetero) is 1. The maximum Gasteiger partial charge on any atom is 0.271 e. The number of carbonyl (C=O) groups excluding carboxylic acids is 2. The van der Waals surface area contributed by atoms with E-state index in [-0.39, 0.29) is 30.1 Å². The van der Waals surface area contributed by atoms with Crippen molar-refractivity contribution in [1.29, 1.82) is 0 Å². The predicted octanol–water partition coefficient (Wildman–Crippen LogP) is 2.44. The zero-order valence-corrected chi connectivity index (χ0v) is 16.0. The molecule has 1 amide bonds. The van der Waals surface area contributed by atoms with E-state index in [9.17, 15) is 9.59 Å². The monoisotopic (exact) mass is 377 g/mol. The molecule has 26 heavy (non-hydrogen) atoms. The summed E-state index contributed by atoms with van der Waals surface area (Å²) in [5.41, 5.74) is 2.05. The fraction of sp³-hybridized carbons (Fsp3) is 0.368. The van der Waals surface area contributed by atoms with Crippen LogP contribution in [0.15, 0.2) is 36.5 Å². The van der Waals surface area contributed by atoms with Gasteiger partial charge in [0.1, 0.15) is 11.4 Å². The van der Waals surface area contributed by atoms with Crippen molar-refractivity contribution in [2.45, 2.75) is 13.0 Å². The molecule has 2 heterocycles. The van der Waals surface area contributed by atoms with Gasteiger partial charge in [0.05, 0.1) is 13.2 Å². The number of benzene rings is 1. The van der Waals surface area contributed by atoms with E-state index in [0.717, 1.165) is 17.9 Å². The smallest absolute Gasteiger partial charge is 0.271 e. The van der Waals surface area contributed by atoms with Gasteiger partial charge in [0, 0.05) is 44.0 Å². The number of nitrogens with zero attached hydrogens (tertiary/aromatic N) is 2. The van der Waals surface area contributed by atoms with Gasteiger partial charge in [0.15, 0.2) is 5.78 Å². The van der Waals surface area contributed by atoms with Gasteiger partial charge in [0.25, 0.3) is 5.91 Å². The third-order valence-corrected chi connectivity index (χ3v) is 4.63. The fourth-order valence-electron chi connectivity index (χ4n) is 3.28. The lowest BCUT2D eigenvalue weighted by Gasteiger charge is -2.37. The first-order chi connectivity index (χ1) is 12.0. The average Bonchev–Trinajstić information content (AvgIpc) is 3.03. The Bertz CT molecular complexity index is 803. The number of halogens is 1. The van der Waals surface area contributed by atoms with Crippen LogP contribution in [0.3, 0.4) is 0 Å². The van der Waals surface area contributed by atoms with Gasteiger partial charge in [-0.2, -0.15) is 0 Å². The first kappa shape index (κ1) is 20.0. The molecule has 0 saturated carbocycles. The molecule has 140 valence electrons. The number of carbonyl (C=O) groups is 2. The molecule has 1 aromatic heterocycles. The van der Waals surface area contributed by atoms with Crippen LogP contribution in [0.2, 0.25) is 0 Å². The Kier molecular flexibility index (Phi) is 6.45. The summed E-state index contributed by atoms with van der Waals surface area (Å²) >= 11 is 0. The van der Waals surface area contributed by atoms with Gasteiger partial charge in [-0.05, 0) is 19.1 Å². The number of aryl methyl sites for hydroxylation is 1. The molecule has 1 atom stereocenters. The number of ketones is 1. The molecule has 3 rings (SSSR count). The van der Waals surface area contributed by atoms with Crippen molar-refractivity contribution in [3.63, 3.8) is 0 Å². The quantitative estimate of drug-likeness (QED) is 0.831. The number of amides is 1. The summed E-state index contributed by atoms with van der Waals surface area (Å²) in [7, 11) is 3.43. The zero-order chi connectivity index (χ0) is 18.0. The van der Waals surface area contributed by atoms with Gasteiger partial charge in [-0.15, -0.1) is 12.4 Å². The van der Waals surface area contributed by atoms with Crippen LogP contribution in [0.4, 0.5) is 0 Å². The van der Waals surface area contributed by atoms with E-state index in [1.54, 1.807) is 31.0 Å². The highest BCUT2D eigenvalue weighted by Crippen LogP contribution is 2.31. The van der Waals surface area contributed by atoms with E-state index in [1.807, 2.05) is 29.2 Å². The van der Waals surface area contributed by atoms with E-state index in [1.165, 1.54) is 6.92 Å². The number of hydrogen-bond acceptors (Lipinski definition) is 4. The van der Waals surface area contributed by atoms with Gasteiger partial charge in [-0.1, -0.05) is 18.2 Å². The van der Waals surface area contributed by atoms with Crippen molar-refractivity contribution in [1.82, 2.24) is 14.8 Å². The molecular weight excluding hydrogens is 354 g/mol. The van der Waals surface area contributed by atoms with Crippen molar-refractivity contribution < 1.29 is 14.3 Å². The van der Waals surface area contributed by atoms with Crippen LogP contribution >= 0.6 is 12.4 Å². The molecule has 0 radical (unpaired) electrons. The average molecular weight is 378 g/mol. The van der Waals surface area contributed by atoms with Crippen molar-refractivity contribution in [3.05, 3.63) is 53.3 Å². The van der Waals surface area contributed by atoms with E-state index in [2.05, 4.69) is 5.32 Å². The highest BCUT2D eigenvalue weighted by atomic mass is 35.5. The minimum atomic E-state index is -0.118. The molecule has 6 nitrogen and oxygen atoms in total. The number of aromatic nitrogens is 1. The molecule has 0 spiro atoms. The number of hydrogen-bond donors (Lipinski definition) is 1. The predicted molar refractivity (Wildman–Crippen MR) is 102 cm³/mol. The highest BCUT2D eigenvalue weighted by Gasteiger charge is 2.31. The summed E-state index contributed by atoms with van der Waals surface area (Å²) in [4.78, 5) is 26.6. The van der Waals surface area contributed by atoms with Crippen LogP contribution in [0, 0.1) is 0 Å². The Labute approximate surface area is 159 Å². The van der Waals surface area contributed by atoms with Gasteiger partial charge >= 0.3 is 0 Å². The van der Waals surface area contributed by atoms with Gasteiger partial charge in [0.2, 0.25) is 0 Å². The first-order valence-electron chi connectivity index (χ1n) is 8.35. The number of rotatable bonds is 4. The third-order valence-electron chi connectivity index (χ3n) is 4.63. The molecule has 1 saturated heterocycles. The molecular formula is C19H24ClN3O3. The summed E-state index contributed by atoms with van der Waals surface area (Å²) in [5.74, 6) is 0.647. The summed E-state index contributed by atoms with van der Waals surface area (Å²) in [6, 6.07) is 9.32. The van der Waals surface area contributed by atoms with E-state index in [4.69, 9.17) is 4.74 Å². The number of nitrogens with one attached hydrogen (secondary N) is 1. The van der Waals surface area contributed by atoms with Crippen molar-refractivity contribution in [2.75, 3.05) is 26.7 Å². The Morgan fingerprint density at radius 2 is 2.00 bits per heavy atom. The number of piperazine rings is 1. The van der Waals surface area contributed by atoms with Crippen LogP contribution in [0.25, 0.3) is 0 Å². The Morgan fingerprint density at radius 1 is 1.27 bits per heavy atom. The van der Waals surface area contributed by atoms with Crippen molar-refractivity contribution in [2.24, 2.45) is 7.05 Å².